The molecule has 8 nitrogen and oxygen atoms in total. The van der Waals surface area contributed by atoms with Gasteiger partial charge in [0.1, 0.15) is 0 Å². The van der Waals surface area contributed by atoms with Gasteiger partial charge in [-0.3, -0.25) is 16.0 Å². The maximum atomic E-state index is 12.1. The lowest BCUT2D eigenvalue weighted by Crippen LogP contribution is -2.26. The van der Waals surface area contributed by atoms with Gasteiger partial charge >= 0.3 is 0 Å². The van der Waals surface area contributed by atoms with Crippen molar-refractivity contribution in [2.75, 3.05) is 12.0 Å². The van der Waals surface area contributed by atoms with Gasteiger partial charge in [-0.15, -0.1) is 0 Å². The minimum absolute atomic E-state index is 0.245. The third kappa shape index (κ3) is 4.96. The molecule has 4 N–H and O–H groups in total. The molecule has 1 aromatic carbocycles. The Morgan fingerprint density at radius 3 is 2.57 bits per heavy atom. The lowest BCUT2D eigenvalue weighted by molar-refractivity contribution is -0.387. The molecule has 0 aliphatic carbocycles. The molecule has 0 saturated heterocycles. The highest BCUT2D eigenvalue weighted by atomic mass is 32.2. The number of anilines is 1. The van der Waals surface area contributed by atoms with Crippen molar-refractivity contribution in [3.8, 4) is 0 Å². The second-order valence-corrected chi connectivity index (χ2v) is 6.75. The fraction of sp³-hybridized carbons (Fsp3) is 0.500. The highest BCUT2D eigenvalue weighted by Gasteiger charge is 2.25. The van der Waals surface area contributed by atoms with Crippen molar-refractivity contribution in [1.29, 1.82) is 0 Å². The molecule has 1 aromatic rings. The third-order valence-electron chi connectivity index (χ3n) is 2.86. The van der Waals surface area contributed by atoms with Gasteiger partial charge in [0.15, 0.2) is 4.90 Å². The van der Waals surface area contributed by atoms with Gasteiger partial charge < -0.3 is 5.43 Å². The standard InChI is InChI=1S/C12H20N4O4S/c1-9(2)4-3-7-14-21(19,20)12-6-5-10(15-13)8-11(12)16(17)18/h5-6,8-9,14-15H,3-4,7,13H2,1-2H3. The number of benzene rings is 1. The molecule has 0 amide bonds. The lowest BCUT2D eigenvalue weighted by Gasteiger charge is -2.09. The summed E-state index contributed by atoms with van der Waals surface area (Å²) in [5.41, 5.74) is 2.00. The van der Waals surface area contributed by atoms with E-state index in [0.717, 1.165) is 18.6 Å². The van der Waals surface area contributed by atoms with Gasteiger partial charge in [-0.05, 0) is 30.9 Å². The molecule has 0 saturated carbocycles. The molecule has 9 heteroatoms. The first-order valence-electron chi connectivity index (χ1n) is 6.52. The van der Waals surface area contributed by atoms with E-state index in [1.807, 2.05) is 13.8 Å². The monoisotopic (exact) mass is 316 g/mol. The summed E-state index contributed by atoms with van der Waals surface area (Å²) in [7, 11) is -3.92. The van der Waals surface area contributed by atoms with Crippen LogP contribution in [0.25, 0.3) is 0 Å². The SMILES string of the molecule is CC(C)CCCNS(=O)(=O)c1ccc(NN)cc1[N+](=O)[O-]. The summed E-state index contributed by atoms with van der Waals surface area (Å²) in [4.78, 5) is 9.89. The smallest absolute Gasteiger partial charge is 0.291 e. The number of hydrogen-bond donors (Lipinski definition) is 3. The van der Waals surface area contributed by atoms with Crippen molar-refractivity contribution in [3.05, 3.63) is 28.3 Å². The van der Waals surface area contributed by atoms with E-state index in [-0.39, 0.29) is 17.1 Å². The van der Waals surface area contributed by atoms with Crippen LogP contribution in [0.2, 0.25) is 0 Å². The molecule has 21 heavy (non-hydrogen) atoms. The Morgan fingerprint density at radius 1 is 1.38 bits per heavy atom. The average Bonchev–Trinajstić information content (AvgIpc) is 2.42. The number of rotatable bonds is 8. The quantitative estimate of drug-likeness (QED) is 0.289. The van der Waals surface area contributed by atoms with Crippen LogP contribution < -0.4 is 16.0 Å². The minimum Gasteiger partial charge on any atom is -0.324 e. The second kappa shape index (κ2) is 7.34. The summed E-state index contributed by atoms with van der Waals surface area (Å²) in [6.45, 7) is 4.32. The minimum atomic E-state index is -3.92. The molecule has 0 aliphatic heterocycles. The number of nitrogens with two attached hydrogens (primary N) is 1. The van der Waals surface area contributed by atoms with Gasteiger partial charge in [-0.25, -0.2) is 13.1 Å². The first-order chi connectivity index (χ1) is 9.77. The van der Waals surface area contributed by atoms with Crippen LogP contribution in [0.4, 0.5) is 11.4 Å². The highest BCUT2D eigenvalue weighted by molar-refractivity contribution is 7.89. The zero-order valence-electron chi connectivity index (χ0n) is 12.0. The Bertz CT molecular complexity index is 601. The van der Waals surface area contributed by atoms with E-state index in [0.29, 0.717) is 12.3 Å². The van der Waals surface area contributed by atoms with E-state index in [4.69, 9.17) is 5.84 Å². The summed E-state index contributed by atoms with van der Waals surface area (Å²) >= 11 is 0. The van der Waals surface area contributed by atoms with Crippen LogP contribution in [0.5, 0.6) is 0 Å². The predicted octanol–water partition coefficient (Wildman–Crippen LogP) is 1.59. The van der Waals surface area contributed by atoms with Gasteiger partial charge in [-0.1, -0.05) is 13.8 Å². The number of nitro benzene ring substituents is 1. The summed E-state index contributed by atoms with van der Waals surface area (Å²) in [5.74, 6) is 5.64. The van der Waals surface area contributed by atoms with Crippen LogP contribution in [0.1, 0.15) is 26.7 Å². The van der Waals surface area contributed by atoms with Crippen LogP contribution in [0.3, 0.4) is 0 Å². The van der Waals surface area contributed by atoms with Gasteiger partial charge in [0.25, 0.3) is 5.69 Å². The molecule has 0 radical (unpaired) electrons. The highest BCUT2D eigenvalue weighted by Crippen LogP contribution is 2.26. The van der Waals surface area contributed by atoms with Crippen molar-refractivity contribution in [2.45, 2.75) is 31.6 Å². The van der Waals surface area contributed by atoms with Gasteiger partial charge in [-0.2, -0.15) is 0 Å². The molecular weight excluding hydrogens is 296 g/mol. The van der Waals surface area contributed by atoms with Gasteiger partial charge in [0, 0.05) is 12.6 Å². The molecule has 0 fully saturated rings. The molecule has 0 atom stereocenters. The molecule has 0 bridgehead atoms. The van der Waals surface area contributed by atoms with Crippen LogP contribution in [-0.2, 0) is 10.0 Å². The Morgan fingerprint density at radius 2 is 2.05 bits per heavy atom. The fourth-order valence-corrected chi connectivity index (χ4v) is 3.00. The Labute approximate surface area is 123 Å². The van der Waals surface area contributed by atoms with Gasteiger partial charge in [0.05, 0.1) is 10.6 Å². The van der Waals surface area contributed by atoms with Crippen molar-refractivity contribution >= 4 is 21.4 Å². The summed E-state index contributed by atoms with van der Waals surface area (Å²) in [6, 6.07) is 3.62. The Kier molecular flexibility index (Phi) is 6.06. The van der Waals surface area contributed by atoms with Crippen molar-refractivity contribution in [3.63, 3.8) is 0 Å². The maximum Gasteiger partial charge on any atom is 0.291 e. The van der Waals surface area contributed by atoms with E-state index in [1.165, 1.54) is 6.07 Å². The van der Waals surface area contributed by atoms with Crippen LogP contribution in [0.15, 0.2) is 23.1 Å². The summed E-state index contributed by atoms with van der Waals surface area (Å²) in [6.07, 6.45) is 1.55. The van der Waals surface area contributed by atoms with E-state index in [2.05, 4.69) is 10.1 Å². The fourth-order valence-electron chi connectivity index (χ4n) is 1.77. The third-order valence-corrected chi connectivity index (χ3v) is 4.37. The van der Waals surface area contributed by atoms with E-state index < -0.39 is 20.6 Å². The Balaban J connectivity index is 2.94. The molecular formula is C12H20N4O4S. The largest absolute Gasteiger partial charge is 0.324 e. The molecule has 1 rings (SSSR count). The predicted molar refractivity (Wildman–Crippen MR) is 80.2 cm³/mol. The Hall–Kier alpha value is -1.71. The van der Waals surface area contributed by atoms with Crippen molar-refractivity contribution < 1.29 is 13.3 Å². The van der Waals surface area contributed by atoms with E-state index in [9.17, 15) is 18.5 Å². The van der Waals surface area contributed by atoms with Gasteiger partial charge in [0.2, 0.25) is 10.0 Å². The average molecular weight is 316 g/mol. The zero-order chi connectivity index (χ0) is 16.0. The van der Waals surface area contributed by atoms with Crippen LogP contribution >= 0.6 is 0 Å². The summed E-state index contributed by atoms with van der Waals surface area (Å²) in [5, 5.41) is 11.0. The van der Waals surface area contributed by atoms with Crippen molar-refractivity contribution in [1.82, 2.24) is 4.72 Å². The number of nitrogens with one attached hydrogen (secondary N) is 2. The number of nitrogen functional groups attached to an aromatic ring is 1. The topological polar surface area (TPSA) is 127 Å². The number of nitro groups is 1. The molecule has 0 aromatic heterocycles. The first-order valence-corrected chi connectivity index (χ1v) is 8.01. The first kappa shape index (κ1) is 17.3. The van der Waals surface area contributed by atoms with Crippen molar-refractivity contribution in [2.24, 2.45) is 11.8 Å². The molecule has 0 unspecified atom stereocenters. The number of hydrogen-bond acceptors (Lipinski definition) is 6. The number of nitrogens with zero attached hydrogens (tertiary/aromatic N) is 1. The van der Waals surface area contributed by atoms with Crippen LogP contribution in [0, 0.1) is 16.0 Å². The normalized spacial score (nSPS) is 11.6. The lowest BCUT2D eigenvalue weighted by atomic mass is 10.1. The van der Waals surface area contributed by atoms with E-state index in [1.54, 1.807) is 0 Å². The molecule has 118 valence electrons. The molecule has 0 spiro atoms. The van der Waals surface area contributed by atoms with Crippen LogP contribution in [-0.4, -0.2) is 19.9 Å². The second-order valence-electron chi connectivity index (χ2n) is 5.02. The number of hydrazine groups is 1. The summed E-state index contributed by atoms with van der Waals surface area (Å²) < 4.78 is 26.6. The maximum absolute atomic E-state index is 12.1. The molecule has 0 aliphatic rings. The van der Waals surface area contributed by atoms with E-state index >= 15 is 0 Å². The zero-order valence-corrected chi connectivity index (χ0v) is 12.8. The molecule has 0 heterocycles. The number of sulfonamides is 1.